The number of carbonyl (C=O) groups excluding carboxylic acids is 3. The summed E-state index contributed by atoms with van der Waals surface area (Å²) in [6.45, 7) is -0.164. The van der Waals surface area contributed by atoms with Crippen molar-refractivity contribution in [2.75, 3.05) is 0 Å². The molecule has 2 atom stereocenters. The molecular formula is C32H27FN4O7. The van der Waals surface area contributed by atoms with Crippen LogP contribution in [-0.4, -0.2) is 33.8 Å². The number of nitro benzene ring substituents is 1. The lowest BCUT2D eigenvalue weighted by Crippen LogP contribution is -2.51. The van der Waals surface area contributed by atoms with E-state index in [0.717, 1.165) is 12.1 Å². The molecule has 11 nitrogen and oxygen atoms in total. The van der Waals surface area contributed by atoms with Gasteiger partial charge in [0, 0.05) is 19.0 Å². The topological polar surface area (TPSA) is 160 Å². The summed E-state index contributed by atoms with van der Waals surface area (Å²) in [6.07, 6.45) is -0.00802. The van der Waals surface area contributed by atoms with Gasteiger partial charge in [0.2, 0.25) is 23.5 Å². The molecule has 0 radical (unpaired) electrons. The van der Waals surface area contributed by atoms with E-state index in [2.05, 4.69) is 16.0 Å². The Labute approximate surface area is 250 Å². The fourth-order valence-corrected chi connectivity index (χ4v) is 4.73. The molecule has 0 aromatic heterocycles. The fraction of sp³-hybridized carbons (Fsp3) is 0.156. The molecule has 2 aliphatic rings. The van der Waals surface area contributed by atoms with E-state index in [1.807, 2.05) is 0 Å². The zero-order valence-corrected chi connectivity index (χ0v) is 23.2. The third-order valence-corrected chi connectivity index (χ3v) is 6.96. The summed E-state index contributed by atoms with van der Waals surface area (Å²) < 4.78 is 20.1. The van der Waals surface area contributed by atoms with Crippen LogP contribution < -0.4 is 20.7 Å². The smallest absolute Gasteiger partial charge is 0.304 e. The highest BCUT2D eigenvalue weighted by Crippen LogP contribution is 2.25. The summed E-state index contributed by atoms with van der Waals surface area (Å²) in [5, 5.41) is 28.8. The molecule has 6 rings (SSSR count). The molecule has 12 heteroatoms. The van der Waals surface area contributed by atoms with Gasteiger partial charge < -0.3 is 25.8 Å². The summed E-state index contributed by atoms with van der Waals surface area (Å²) in [7, 11) is 0. The SMILES string of the molecule is O=C1Cc2cccc(c2)Oc2ccc(cc2)C[C@@H](C(=O)NCc2ccc([N+](=O)[O-])c(F)c2)NC(=O)[C@H](c2ccc(O)cc2)N1. The van der Waals surface area contributed by atoms with Crippen molar-refractivity contribution < 1.29 is 33.5 Å². The molecule has 0 unspecified atom stereocenters. The fourth-order valence-electron chi connectivity index (χ4n) is 4.73. The summed E-state index contributed by atoms with van der Waals surface area (Å²) in [5.41, 5.74) is 1.29. The lowest BCUT2D eigenvalue weighted by Gasteiger charge is -2.24. The highest BCUT2D eigenvalue weighted by molar-refractivity contribution is 5.93. The number of nitro groups is 1. The quantitative estimate of drug-likeness (QED) is 0.200. The minimum atomic E-state index is -1.21. The largest absolute Gasteiger partial charge is 0.508 e. The first-order valence-corrected chi connectivity index (χ1v) is 13.6. The molecule has 0 fully saturated rings. The molecule has 0 saturated carbocycles. The van der Waals surface area contributed by atoms with Gasteiger partial charge in [-0.2, -0.15) is 4.39 Å². The second-order valence-corrected chi connectivity index (χ2v) is 10.2. The van der Waals surface area contributed by atoms with Crippen molar-refractivity contribution in [3.63, 3.8) is 0 Å². The van der Waals surface area contributed by atoms with Crippen LogP contribution in [0.2, 0.25) is 0 Å². The number of aromatic hydroxyl groups is 1. The predicted molar refractivity (Wildman–Crippen MR) is 156 cm³/mol. The second kappa shape index (κ2) is 13.0. The van der Waals surface area contributed by atoms with Gasteiger partial charge >= 0.3 is 5.69 Å². The normalized spacial score (nSPS) is 16.8. The van der Waals surface area contributed by atoms with Crippen LogP contribution in [0.1, 0.15) is 28.3 Å². The minimum absolute atomic E-state index is 0.0334. The first-order valence-electron chi connectivity index (χ1n) is 13.6. The summed E-state index contributed by atoms with van der Waals surface area (Å²) in [5.74, 6) is -1.78. The molecule has 0 aliphatic carbocycles. The van der Waals surface area contributed by atoms with Crippen LogP contribution >= 0.6 is 0 Å². The molecule has 3 amide bonds. The maximum Gasteiger partial charge on any atom is 0.304 e. The number of phenols is 1. The lowest BCUT2D eigenvalue weighted by molar-refractivity contribution is -0.387. The number of hydrogen-bond donors (Lipinski definition) is 4. The van der Waals surface area contributed by atoms with Crippen LogP contribution in [0.4, 0.5) is 10.1 Å². The number of benzene rings is 4. The van der Waals surface area contributed by atoms with Crippen molar-refractivity contribution in [1.29, 1.82) is 0 Å². The number of amides is 3. The molecule has 4 N–H and O–H groups in total. The number of phenolic OH excluding ortho intramolecular Hbond substituents is 1. The minimum Gasteiger partial charge on any atom is -0.508 e. The summed E-state index contributed by atoms with van der Waals surface area (Å²) >= 11 is 0. The Hall–Kier alpha value is -5.78. The summed E-state index contributed by atoms with van der Waals surface area (Å²) in [6, 6.07) is 20.6. The molecule has 4 bridgehead atoms. The second-order valence-electron chi connectivity index (χ2n) is 10.2. The molecule has 4 aromatic rings. The van der Waals surface area contributed by atoms with E-state index in [0.29, 0.717) is 28.2 Å². The molecular weight excluding hydrogens is 571 g/mol. The van der Waals surface area contributed by atoms with Crippen LogP contribution in [0.15, 0.2) is 91.0 Å². The lowest BCUT2D eigenvalue weighted by atomic mass is 10.0. The van der Waals surface area contributed by atoms with Crippen molar-refractivity contribution >= 4 is 23.4 Å². The Balaban J connectivity index is 1.44. The maximum absolute atomic E-state index is 14.1. The third-order valence-electron chi connectivity index (χ3n) is 6.96. The van der Waals surface area contributed by atoms with Gasteiger partial charge in [-0.05, 0) is 64.7 Å². The van der Waals surface area contributed by atoms with Gasteiger partial charge in [0.15, 0.2) is 0 Å². The average molecular weight is 599 g/mol. The number of halogens is 1. The molecule has 0 saturated heterocycles. The number of carbonyl (C=O) groups is 3. The van der Waals surface area contributed by atoms with Crippen LogP contribution in [0, 0.1) is 15.9 Å². The van der Waals surface area contributed by atoms with Crippen molar-refractivity contribution in [2.24, 2.45) is 0 Å². The Morgan fingerprint density at radius 3 is 2.41 bits per heavy atom. The predicted octanol–water partition coefficient (Wildman–Crippen LogP) is 3.99. The van der Waals surface area contributed by atoms with Gasteiger partial charge in [0.25, 0.3) is 0 Å². The standard InChI is InChI=1S/C32H27FN4O7/c33-26-15-21(6-13-28(26)37(42)43)18-34-31(40)27-16-19-4-11-24(12-5-19)44-25-3-1-2-20(14-25)17-29(39)36-30(32(41)35-27)22-7-9-23(38)10-8-22/h1-15,27,30,38H,16-18H2,(H,34,40)(H,35,41)(H,36,39)/t27-,30-/m0/s1. The van der Waals surface area contributed by atoms with Crippen molar-refractivity contribution in [2.45, 2.75) is 31.5 Å². The monoisotopic (exact) mass is 598 g/mol. The van der Waals surface area contributed by atoms with Crippen molar-refractivity contribution in [3.05, 3.63) is 129 Å². The number of ether oxygens (including phenoxy) is 1. The van der Waals surface area contributed by atoms with E-state index in [-0.39, 0.29) is 30.7 Å². The number of hydrogen-bond acceptors (Lipinski definition) is 7. The van der Waals surface area contributed by atoms with Crippen LogP contribution in [0.25, 0.3) is 0 Å². The number of nitrogens with one attached hydrogen (secondary N) is 3. The zero-order chi connectivity index (χ0) is 31.2. The third kappa shape index (κ3) is 7.34. The number of nitrogens with zero attached hydrogens (tertiary/aromatic N) is 1. The van der Waals surface area contributed by atoms with Gasteiger partial charge in [-0.1, -0.05) is 42.5 Å². The highest BCUT2D eigenvalue weighted by Gasteiger charge is 2.29. The van der Waals surface area contributed by atoms with Crippen LogP contribution in [0.5, 0.6) is 17.2 Å². The zero-order valence-electron chi connectivity index (χ0n) is 23.2. The molecule has 224 valence electrons. The maximum atomic E-state index is 14.1. The first-order chi connectivity index (χ1) is 21.1. The highest BCUT2D eigenvalue weighted by atomic mass is 19.1. The van der Waals surface area contributed by atoms with Gasteiger partial charge in [-0.25, -0.2) is 0 Å². The van der Waals surface area contributed by atoms with E-state index in [9.17, 15) is 34.0 Å². The molecule has 4 aromatic carbocycles. The molecule has 44 heavy (non-hydrogen) atoms. The molecule has 2 heterocycles. The van der Waals surface area contributed by atoms with Gasteiger partial charge in [0.05, 0.1) is 11.3 Å². The Kier molecular flexibility index (Phi) is 8.80. The Morgan fingerprint density at radius 1 is 0.955 bits per heavy atom. The average Bonchev–Trinajstić information content (AvgIpc) is 2.99. The van der Waals surface area contributed by atoms with Crippen LogP contribution in [0.3, 0.4) is 0 Å². The van der Waals surface area contributed by atoms with E-state index >= 15 is 0 Å². The first kappa shape index (κ1) is 29.7. The van der Waals surface area contributed by atoms with Gasteiger partial charge in [-0.15, -0.1) is 0 Å². The van der Waals surface area contributed by atoms with E-state index < -0.39 is 46.2 Å². The van der Waals surface area contributed by atoms with Crippen molar-refractivity contribution in [1.82, 2.24) is 16.0 Å². The van der Waals surface area contributed by atoms with Crippen molar-refractivity contribution in [3.8, 4) is 17.2 Å². The van der Waals surface area contributed by atoms with E-state index in [4.69, 9.17) is 4.74 Å². The Bertz CT molecular complexity index is 1710. The number of fused-ring (bicyclic) bond motifs is 9. The van der Waals surface area contributed by atoms with Gasteiger partial charge in [0.1, 0.15) is 29.3 Å². The summed E-state index contributed by atoms with van der Waals surface area (Å²) in [4.78, 5) is 50.3. The molecule has 0 spiro atoms. The molecule has 2 aliphatic heterocycles. The number of rotatable bonds is 5. The van der Waals surface area contributed by atoms with E-state index in [1.54, 1.807) is 48.5 Å². The van der Waals surface area contributed by atoms with Gasteiger partial charge in [-0.3, -0.25) is 24.5 Å². The Morgan fingerprint density at radius 2 is 1.70 bits per heavy atom. The van der Waals surface area contributed by atoms with E-state index in [1.165, 1.54) is 30.3 Å². The van der Waals surface area contributed by atoms with Crippen LogP contribution in [-0.2, 0) is 33.8 Å².